The average Bonchev–Trinajstić information content (AvgIpc) is 2.84. The van der Waals surface area contributed by atoms with Crippen molar-refractivity contribution >= 4 is 34.7 Å². The Kier molecular flexibility index (Phi) is 5.61. The summed E-state index contributed by atoms with van der Waals surface area (Å²) >= 11 is 6.29. The number of aliphatic hydroxyl groups excluding tert-OH is 1. The number of hydrogen-bond acceptors (Lipinski definition) is 3. The van der Waals surface area contributed by atoms with Crippen molar-refractivity contribution < 1.29 is 9.90 Å². The minimum Gasteiger partial charge on any atom is -0.507 e. The van der Waals surface area contributed by atoms with Crippen LogP contribution in [0.1, 0.15) is 36.3 Å². The summed E-state index contributed by atoms with van der Waals surface area (Å²) in [5.74, 6) is -0.299. The van der Waals surface area contributed by atoms with Crippen LogP contribution in [-0.2, 0) is 4.79 Å². The number of halogens is 1. The molecule has 0 bridgehead atoms. The Hall–Kier alpha value is -3.63. The van der Waals surface area contributed by atoms with Gasteiger partial charge in [-0.2, -0.15) is 0 Å². The number of Topliss-reactive ketones (excluding diaryl/α,β-unsaturated/α-hetero) is 1. The second-order valence-corrected chi connectivity index (χ2v) is 8.71. The topological polar surface area (TPSA) is 64.4 Å². The lowest BCUT2D eigenvalue weighted by Gasteiger charge is -2.41. The number of nitrogens with one attached hydrogen (secondary N) is 1. The number of allylic oxidation sites excluding steroid dienone is 2. The van der Waals surface area contributed by atoms with Gasteiger partial charge in [-0.05, 0) is 36.6 Å². The van der Waals surface area contributed by atoms with Gasteiger partial charge in [-0.25, -0.2) is 0 Å². The van der Waals surface area contributed by atoms with E-state index in [0.717, 1.165) is 17.7 Å². The molecule has 1 aliphatic heterocycles. The van der Waals surface area contributed by atoms with Gasteiger partial charge in [0.25, 0.3) is 0 Å². The van der Waals surface area contributed by atoms with Crippen molar-refractivity contribution in [1.82, 2.24) is 0 Å². The van der Waals surface area contributed by atoms with Gasteiger partial charge in [-0.1, -0.05) is 78.3 Å². The van der Waals surface area contributed by atoms with Crippen LogP contribution in [0.15, 0.2) is 102 Å². The fourth-order valence-corrected chi connectivity index (χ4v) is 5.01. The third kappa shape index (κ3) is 3.77. The summed E-state index contributed by atoms with van der Waals surface area (Å²) in [6.45, 7) is 0. The molecule has 0 amide bonds. The van der Waals surface area contributed by atoms with Gasteiger partial charge in [0.05, 0.1) is 0 Å². The van der Waals surface area contributed by atoms with Crippen LogP contribution in [0.4, 0.5) is 5.69 Å². The van der Waals surface area contributed by atoms with E-state index in [1.54, 1.807) is 17.0 Å². The van der Waals surface area contributed by atoms with Crippen molar-refractivity contribution in [2.45, 2.75) is 25.2 Å². The summed E-state index contributed by atoms with van der Waals surface area (Å²) < 4.78 is 0. The first-order valence-electron chi connectivity index (χ1n) is 11.0. The molecule has 1 heterocycles. The maximum atomic E-state index is 13.4. The molecule has 3 aromatic rings. The first-order valence-corrected chi connectivity index (χ1v) is 11.4. The molecule has 164 valence electrons. The Labute approximate surface area is 198 Å². The van der Waals surface area contributed by atoms with Gasteiger partial charge >= 0.3 is 0 Å². The van der Waals surface area contributed by atoms with Crippen LogP contribution in [0, 0.1) is 5.41 Å². The van der Waals surface area contributed by atoms with Gasteiger partial charge < -0.3 is 5.11 Å². The summed E-state index contributed by atoms with van der Waals surface area (Å²) in [7, 11) is 0. The molecular formula is C28H23ClN2O2. The van der Waals surface area contributed by atoms with E-state index in [0.29, 0.717) is 40.3 Å². The molecule has 4 nitrogen and oxygen atoms in total. The lowest BCUT2D eigenvalue weighted by atomic mass is 9.73. The Morgan fingerprint density at radius 2 is 1.64 bits per heavy atom. The van der Waals surface area contributed by atoms with E-state index in [9.17, 15) is 15.3 Å². The molecule has 0 aromatic heterocycles. The molecule has 33 heavy (non-hydrogen) atoms. The molecule has 3 aromatic carbocycles. The highest BCUT2D eigenvalue weighted by Crippen LogP contribution is 2.47. The van der Waals surface area contributed by atoms with Crippen molar-refractivity contribution in [3.05, 3.63) is 118 Å². The predicted molar refractivity (Wildman–Crippen MR) is 133 cm³/mol. The van der Waals surface area contributed by atoms with Crippen LogP contribution in [0.5, 0.6) is 0 Å². The molecule has 2 aliphatic rings. The number of anilines is 1. The third-order valence-electron chi connectivity index (χ3n) is 6.26. The molecule has 0 saturated heterocycles. The number of aliphatic hydroxyl groups is 1. The highest BCUT2D eigenvalue weighted by Gasteiger charge is 2.43. The fraction of sp³-hybridized carbons (Fsp3) is 0.143. The van der Waals surface area contributed by atoms with Gasteiger partial charge in [-0.3, -0.25) is 15.1 Å². The monoisotopic (exact) mass is 454 g/mol. The standard InChI is InChI=1S/C28H23ClN2O2/c29-20-13-7-14-21(17-20)31-22-15-8-16-23(32)25(22)24(18-9-3-1-4-10-18)26(28(31)30)27(33)19-11-5-2-6-12-19/h1-7,9-14,17,24,30,33H,8,15-16H2/b27-26+,30-28?/t24-/m1/s1. The molecule has 5 rings (SSSR count). The summed E-state index contributed by atoms with van der Waals surface area (Å²) in [5, 5.41) is 21.3. The van der Waals surface area contributed by atoms with Crippen molar-refractivity contribution in [3.8, 4) is 0 Å². The van der Waals surface area contributed by atoms with Crippen LogP contribution >= 0.6 is 11.6 Å². The SMILES string of the molecule is N=C1/C(=C(/O)c2ccccc2)[C@H](c2ccccc2)C2=C(CCCC2=O)N1c1cccc(Cl)c1. The van der Waals surface area contributed by atoms with Gasteiger partial charge in [0, 0.05) is 45.5 Å². The third-order valence-corrected chi connectivity index (χ3v) is 6.49. The molecule has 0 spiro atoms. The van der Waals surface area contributed by atoms with Gasteiger partial charge in [0.1, 0.15) is 11.6 Å². The molecule has 1 atom stereocenters. The zero-order valence-corrected chi connectivity index (χ0v) is 18.7. The van der Waals surface area contributed by atoms with E-state index in [2.05, 4.69) is 0 Å². The minimum atomic E-state index is -0.517. The van der Waals surface area contributed by atoms with Crippen LogP contribution in [-0.4, -0.2) is 16.7 Å². The Balaban J connectivity index is 1.83. The van der Waals surface area contributed by atoms with Crippen LogP contribution in [0.3, 0.4) is 0 Å². The molecule has 0 unspecified atom stereocenters. The number of carbonyl (C=O) groups excluding carboxylic acids is 1. The highest BCUT2D eigenvalue weighted by atomic mass is 35.5. The summed E-state index contributed by atoms with van der Waals surface area (Å²) in [5.41, 5.74) is 4.09. The van der Waals surface area contributed by atoms with Crippen LogP contribution < -0.4 is 4.90 Å². The quantitative estimate of drug-likeness (QED) is 0.423. The highest BCUT2D eigenvalue weighted by molar-refractivity contribution is 6.31. The van der Waals surface area contributed by atoms with Crippen molar-refractivity contribution in [3.63, 3.8) is 0 Å². The maximum absolute atomic E-state index is 13.4. The number of ketones is 1. The molecule has 0 radical (unpaired) electrons. The average molecular weight is 455 g/mol. The van der Waals surface area contributed by atoms with Gasteiger partial charge in [0.15, 0.2) is 5.78 Å². The van der Waals surface area contributed by atoms with E-state index in [-0.39, 0.29) is 17.4 Å². The number of rotatable bonds is 3. The van der Waals surface area contributed by atoms with E-state index in [1.165, 1.54) is 0 Å². The molecule has 0 saturated carbocycles. The van der Waals surface area contributed by atoms with Crippen molar-refractivity contribution in [2.75, 3.05) is 4.90 Å². The zero-order chi connectivity index (χ0) is 22.9. The van der Waals surface area contributed by atoms with Crippen molar-refractivity contribution in [1.29, 1.82) is 5.41 Å². The van der Waals surface area contributed by atoms with Crippen LogP contribution in [0.25, 0.3) is 5.76 Å². The predicted octanol–water partition coefficient (Wildman–Crippen LogP) is 6.90. The summed E-state index contributed by atoms with van der Waals surface area (Å²) in [4.78, 5) is 15.2. The molecule has 1 aliphatic carbocycles. The minimum absolute atomic E-state index is 0.00593. The fourth-order valence-electron chi connectivity index (χ4n) is 4.82. The van der Waals surface area contributed by atoms with Gasteiger partial charge in [0.2, 0.25) is 0 Å². The van der Waals surface area contributed by atoms with E-state index >= 15 is 0 Å². The number of amidine groups is 1. The van der Waals surface area contributed by atoms with Crippen LogP contribution in [0.2, 0.25) is 5.02 Å². The first kappa shape index (κ1) is 21.2. The largest absolute Gasteiger partial charge is 0.507 e. The number of benzene rings is 3. The Morgan fingerprint density at radius 3 is 2.33 bits per heavy atom. The summed E-state index contributed by atoms with van der Waals surface area (Å²) in [6.07, 6.45) is 1.87. The molecule has 5 heteroatoms. The van der Waals surface area contributed by atoms with E-state index < -0.39 is 5.92 Å². The first-order chi connectivity index (χ1) is 16.1. The zero-order valence-electron chi connectivity index (χ0n) is 18.0. The second kappa shape index (κ2) is 8.72. The lowest BCUT2D eigenvalue weighted by molar-refractivity contribution is -0.116. The maximum Gasteiger partial charge on any atom is 0.161 e. The molecule has 2 N–H and O–H groups in total. The second-order valence-electron chi connectivity index (χ2n) is 8.27. The molecular weight excluding hydrogens is 432 g/mol. The Bertz CT molecular complexity index is 1300. The number of hydrogen-bond donors (Lipinski definition) is 2. The lowest BCUT2D eigenvalue weighted by Crippen LogP contribution is -2.42. The molecule has 0 fully saturated rings. The Morgan fingerprint density at radius 1 is 0.939 bits per heavy atom. The summed E-state index contributed by atoms with van der Waals surface area (Å²) in [6, 6.07) is 26.2. The number of carbonyl (C=O) groups is 1. The van der Waals surface area contributed by atoms with Crippen molar-refractivity contribution in [2.24, 2.45) is 0 Å². The van der Waals surface area contributed by atoms with E-state index in [1.807, 2.05) is 72.8 Å². The number of nitrogens with zero attached hydrogens (tertiary/aromatic N) is 1. The van der Waals surface area contributed by atoms with Gasteiger partial charge in [-0.15, -0.1) is 0 Å². The van der Waals surface area contributed by atoms with E-state index in [4.69, 9.17) is 11.6 Å². The normalized spacial score (nSPS) is 20.0. The smallest absolute Gasteiger partial charge is 0.161 e.